The molecule has 1 aliphatic rings. The van der Waals surface area contributed by atoms with E-state index >= 15 is 0 Å². The summed E-state index contributed by atoms with van der Waals surface area (Å²) in [5.74, 6) is 1.69. The van der Waals surface area contributed by atoms with Crippen molar-refractivity contribution in [2.45, 2.75) is 57.0 Å². The summed E-state index contributed by atoms with van der Waals surface area (Å²) in [6.45, 7) is 6.55. The fourth-order valence-corrected chi connectivity index (χ4v) is 5.59. The average Bonchev–Trinajstić information content (AvgIpc) is 2.89. The minimum atomic E-state index is -3.48. The zero-order chi connectivity index (χ0) is 27.2. The Morgan fingerprint density at radius 1 is 0.921 bits per heavy atom. The van der Waals surface area contributed by atoms with Crippen molar-refractivity contribution in [3.05, 3.63) is 54.6 Å². The summed E-state index contributed by atoms with van der Waals surface area (Å²) < 4.78 is 33.0. The van der Waals surface area contributed by atoms with Crippen LogP contribution in [-0.4, -0.2) is 43.2 Å². The molecular formula is C27H36N6O4S. The Balaban J connectivity index is 1.29. The minimum Gasteiger partial charge on any atom is -0.443 e. The number of nitrogens with one attached hydrogen (secondary N) is 4. The molecule has 2 aromatic carbocycles. The zero-order valence-corrected chi connectivity index (χ0v) is 22.8. The van der Waals surface area contributed by atoms with Crippen LogP contribution in [0.25, 0.3) is 10.9 Å². The van der Waals surface area contributed by atoms with E-state index in [4.69, 9.17) is 4.74 Å². The standard InChI is InChI=1S/C27H36N6O4S/c1-27(2,3)37-26(34)33-32-24-22-11-7-8-12-23(22)30-25(31-24)28-17-19-13-15-20(16-14-19)18-29-38(35,36)21-9-5-4-6-10-21/h4-12,19-20,29H,13-18H2,1-3H3,(H,33,34)(H2,28,30,31,32)/t19-,20-. The molecule has 0 radical (unpaired) electrons. The predicted octanol–water partition coefficient (Wildman–Crippen LogP) is 4.68. The summed E-state index contributed by atoms with van der Waals surface area (Å²) >= 11 is 0. The second kappa shape index (κ2) is 12.0. The fraction of sp³-hybridized carbons (Fsp3) is 0.444. The Labute approximate surface area is 224 Å². The molecule has 0 saturated heterocycles. The lowest BCUT2D eigenvalue weighted by molar-refractivity contribution is 0.0541. The summed E-state index contributed by atoms with van der Waals surface area (Å²) in [5, 5.41) is 4.12. The van der Waals surface area contributed by atoms with Gasteiger partial charge in [-0.25, -0.2) is 28.3 Å². The summed E-state index contributed by atoms with van der Waals surface area (Å²) in [5.41, 5.74) is 5.53. The first-order valence-corrected chi connectivity index (χ1v) is 14.4. The lowest BCUT2D eigenvalue weighted by Gasteiger charge is -2.28. The summed E-state index contributed by atoms with van der Waals surface area (Å²) in [7, 11) is -3.48. The third kappa shape index (κ3) is 7.78. The first-order chi connectivity index (χ1) is 18.1. The van der Waals surface area contributed by atoms with Crippen molar-refractivity contribution in [1.29, 1.82) is 0 Å². The molecule has 204 valence electrons. The molecule has 11 heteroatoms. The highest BCUT2D eigenvalue weighted by atomic mass is 32.2. The van der Waals surface area contributed by atoms with Gasteiger partial charge in [0.2, 0.25) is 16.0 Å². The molecule has 0 aliphatic heterocycles. The maximum absolute atomic E-state index is 12.5. The number of amides is 1. The van der Waals surface area contributed by atoms with Crippen molar-refractivity contribution in [2.75, 3.05) is 23.8 Å². The summed E-state index contributed by atoms with van der Waals surface area (Å²) in [6.07, 6.45) is 3.29. The smallest absolute Gasteiger partial charge is 0.426 e. The highest BCUT2D eigenvalue weighted by molar-refractivity contribution is 7.89. The molecule has 1 aromatic heterocycles. The zero-order valence-electron chi connectivity index (χ0n) is 22.0. The lowest BCUT2D eigenvalue weighted by Crippen LogP contribution is -2.36. The van der Waals surface area contributed by atoms with Crippen LogP contribution >= 0.6 is 0 Å². The van der Waals surface area contributed by atoms with Gasteiger partial charge in [0.1, 0.15) is 5.60 Å². The van der Waals surface area contributed by atoms with Crippen LogP contribution < -0.4 is 20.9 Å². The maximum Gasteiger partial charge on any atom is 0.426 e. The van der Waals surface area contributed by atoms with E-state index in [1.54, 1.807) is 51.1 Å². The second-order valence-corrected chi connectivity index (χ2v) is 12.4. The van der Waals surface area contributed by atoms with Gasteiger partial charge in [0.25, 0.3) is 0 Å². The molecule has 0 atom stereocenters. The number of carbonyl (C=O) groups is 1. The van der Waals surface area contributed by atoms with Crippen LogP contribution in [0.1, 0.15) is 46.5 Å². The second-order valence-electron chi connectivity index (χ2n) is 10.6. The summed E-state index contributed by atoms with van der Waals surface area (Å²) in [4.78, 5) is 21.6. The molecule has 4 rings (SSSR count). The van der Waals surface area contributed by atoms with Crippen LogP contribution in [0.2, 0.25) is 0 Å². The number of sulfonamides is 1. The van der Waals surface area contributed by atoms with Gasteiger partial charge < -0.3 is 10.1 Å². The number of anilines is 2. The number of aromatic nitrogens is 2. The van der Waals surface area contributed by atoms with Gasteiger partial charge in [-0.05, 0) is 82.6 Å². The fourth-order valence-electron chi connectivity index (χ4n) is 4.45. The molecule has 10 nitrogen and oxygen atoms in total. The van der Waals surface area contributed by atoms with Crippen LogP contribution in [0.3, 0.4) is 0 Å². The molecule has 0 unspecified atom stereocenters. The van der Waals surface area contributed by atoms with E-state index in [0.29, 0.717) is 41.6 Å². The number of benzene rings is 2. The van der Waals surface area contributed by atoms with Gasteiger partial charge in [-0.1, -0.05) is 30.3 Å². The molecular weight excluding hydrogens is 504 g/mol. The molecule has 1 aliphatic carbocycles. The van der Waals surface area contributed by atoms with E-state index in [-0.39, 0.29) is 0 Å². The number of carbonyl (C=O) groups excluding carboxylic acids is 1. The van der Waals surface area contributed by atoms with Crippen molar-refractivity contribution >= 4 is 38.8 Å². The molecule has 1 saturated carbocycles. The van der Waals surface area contributed by atoms with Gasteiger partial charge in [-0.15, -0.1) is 0 Å². The van der Waals surface area contributed by atoms with Crippen LogP contribution in [0, 0.1) is 11.8 Å². The number of hydrogen-bond acceptors (Lipinski definition) is 8. The van der Waals surface area contributed by atoms with Gasteiger partial charge in [0.15, 0.2) is 5.82 Å². The van der Waals surface area contributed by atoms with Crippen LogP contribution in [0.4, 0.5) is 16.6 Å². The molecule has 1 heterocycles. The van der Waals surface area contributed by atoms with Crippen molar-refractivity contribution in [3.63, 3.8) is 0 Å². The van der Waals surface area contributed by atoms with Crippen molar-refractivity contribution in [3.8, 4) is 0 Å². The number of fused-ring (bicyclic) bond motifs is 1. The first-order valence-electron chi connectivity index (χ1n) is 12.9. The van der Waals surface area contributed by atoms with E-state index < -0.39 is 21.7 Å². The highest BCUT2D eigenvalue weighted by Crippen LogP contribution is 2.29. The highest BCUT2D eigenvalue weighted by Gasteiger charge is 2.24. The van der Waals surface area contributed by atoms with Gasteiger partial charge in [-0.2, -0.15) is 4.98 Å². The van der Waals surface area contributed by atoms with E-state index in [1.807, 2.05) is 24.3 Å². The van der Waals surface area contributed by atoms with Gasteiger partial charge >= 0.3 is 6.09 Å². The largest absolute Gasteiger partial charge is 0.443 e. The van der Waals surface area contributed by atoms with E-state index in [0.717, 1.165) is 36.6 Å². The SMILES string of the molecule is CC(C)(C)OC(=O)NNc1nc(NC[C@H]2CC[C@H](CNS(=O)(=O)c3ccccc3)CC2)nc2ccccc12. The van der Waals surface area contributed by atoms with Crippen LogP contribution in [0.5, 0.6) is 0 Å². The molecule has 38 heavy (non-hydrogen) atoms. The number of rotatable bonds is 9. The van der Waals surface area contributed by atoms with Crippen molar-refractivity contribution in [2.24, 2.45) is 11.8 Å². The topological polar surface area (TPSA) is 134 Å². The average molecular weight is 541 g/mol. The third-order valence-electron chi connectivity index (χ3n) is 6.42. The number of ether oxygens (including phenoxy) is 1. The molecule has 3 aromatic rings. The van der Waals surface area contributed by atoms with Crippen LogP contribution in [-0.2, 0) is 14.8 Å². The lowest BCUT2D eigenvalue weighted by atomic mass is 9.82. The molecule has 1 fully saturated rings. The normalized spacial score (nSPS) is 18.1. The van der Waals surface area contributed by atoms with Gasteiger partial charge in [-0.3, -0.25) is 5.43 Å². The van der Waals surface area contributed by atoms with E-state index in [1.165, 1.54) is 0 Å². The Morgan fingerprint density at radius 2 is 1.55 bits per heavy atom. The Bertz CT molecular complexity index is 1340. The summed E-state index contributed by atoms with van der Waals surface area (Å²) in [6, 6.07) is 16.0. The molecule has 4 N–H and O–H groups in total. The number of hydrazine groups is 1. The number of hydrogen-bond donors (Lipinski definition) is 4. The Hall–Kier alpha value is -3.44. The molecule has 0 bridgehead atoms. The molecule has 0 spiro atoms. The van der Waals surface area contributed by atoms with Crippen molar-refractivity contribution < 1.29 is 17.9 Å². The predicted molar refractivity (Wildman–Crippen MR) is 148 cm³/mol. The Morgan fingerprint density at radius 3 is 2.24 bits per heavy atom. The van der Waals surface area contributed by atoms with E-state index in [2.05, 4.69) is 30.9 Å². The molecule has 1 amide bonds. The first kappa shape index (κ1) is 27.6. The van der Waals surface area contributed by atoms with Crippen molar-refractivity contribution in [1.82, 2.24) is 20.1 Å². The minimum absolute atomic E-state index is 0.295. The van der Waals surface area contributed by atoms with Crippen LogP contribution in [0.15, 0.2) is 59.5 Å². The number of para-hydroxylation sites is 1. The third-order valence-corrected chi connectivity index (χ3v) is 7.86. The quantitative estimate of drug-likeness (QED) is 0.288. The monoisotopic (exact) mass is 540 g/mol. The maximum atomic E-state index is 12.5. The Kier molecular flexibility index (Phi) is 8.68. The van der Waals surface area contributed by atoms with Gasteiger partial charge in [0.05, 0.1) is 10.4 Å². The van der Waals surface area contributed by atoms with Gasteiger partial charge in [0, 0.05) is 18.5 Å². The number of nitrogens with zero attached hydrogens (tertiary/aromatic N) is 2. The van der Waals surface area contributed by atoms with E-state index in [9.17, 15) is 13.2 Å².